The third kappa shape index (κ3) is 10.4. The monoisotopic (exact) mass is 249 g/mol. The second kappa shape index (κ2) is 8.07. The minimum absolute atomic E-state index is 0.193. The average molecular weight is 249 g/mol. The second-order valence-corrected chi connectivity index (χ2v) is 7.16. The third-order valence-electron chi connectivity index (χ3n) is 2.33. The summed E-state index contributed by atoms with van der Waals surface area (Å²) in [5, 5.41) is 0. The summed E-state index contributed by atoms with van der Waals surface area (Å²) < 4.78 is 25.6. The lowest BCUT2D eigenvalue weighted by Crippen LogP contribution is -2.29. The molecule has 0 saturated heterocycles. The molecule has 0 heterocycles. The van der Waals surface area contributed by atoms with E-state index in [1.807, 2.05) is 13.8 Å². The van der Waals surface area contributed by atoms with Crippen LogP contribution < -0.4 is 4.72 Å². The highest BCUT2D eigenvalue weighted by molar-refractivity contribution is 7.89. The van der Waals surface area contributed by atoms with Gasteiger partial charge in [-0.2, -0.15) is 0 Å². The fourth-order valence-electron chi connectivity index (χ4n) is 1.58. The van der Waals surface area contributed by atoms with Crippen molar-refractivity contribution in [2.75, 3.05) is 12.3 Å². The summed E-state index contributed by atoms with van der Waals surface area (Å²) in [5.41, 5.74) is 0. The molecule has 0 aromatic carbocycles. The molecule has 0 amide bonds. The van der Waals surface area contributed by atoms with Crippen LogP contribution in [0.1, 0.15) is 53.4 Å². The Labute approximate surface area is 101 Å². The number of hydrogen-bond donors (Lipinski definition) is 1. The highest BCUT2D eigenvalue weighted by Crippen LogP contribution is 2.07. The van der Waals surface area contributed by atoms with Crippen molar-refractivity contribution in [1.29, 1.82) is 0 Å². The van der Waals surface area contributed by atoms with E-state index in [9.17, 15) is 8.42 Å². The first-order valence-electron chi connectivity index (χ1n) is 6.31. The van der Waals surface area contributed by atoms with E-state index in [2.05, 4.69) is 18.6 Å². The first kappa shape index (κ1) is 15.9. The number of hydrogen-bond acceptors (Lipinski definition) is 2. The van der Waals surface area contributed by atoms with Gasteiger partial charge in [0.1, 0.15) is 0 Å². The normalized spacial score (nSPS) is 12.6. The van der Waals surface area contributed by atoms with Crippen molar-refractivity contribution < 1.29 is 8.42 Å². The highest BCUT2D eigenvalue weighted by Gasteiger charge is 2.11. The summed E-state index contributed by atoms with van der Waals surface area (Å²) in [6.07, 6.45) is 4.49. The lowest BCUT2D eigenvalue weighted by Gasteiger charge is -2.08. The molecule has 1 N–H and O–H groups in total. The molecule has 0 unspecified atom stereocenters. The predicted molar refractivity (Wildman–Crippen MR) is 69.9 cm³/mol. The van der Waals surface area contributed by atoms with Crippen LogP contribution in [-0.4, -0.2) is 20.7 Å². The van der Waals surface area contributed by atoms with Gasteiger partial charge in [0.25, 0.3) is 0 Å². The van der Waals surface area contributed by atoms with Gasteiger partial charge in [0.2, 0.25) is 10.0 Å². The van der Waals surface area contributed by atoms with E-state index in [1.165, 1.54) is 12.8 Å². The van der Waals surface area contributed by atoms with Crippen LogP contribution in [-0.2, 0) is 10.0 Å². The van der Waals surface area contributed by atoms with Crippen LogP contribution in [0.15, 0.2) is 0 Å². The van der Waals surface area contributed by atoms with E-state index in [-0.39, 0.29) is 11.7 Å². The third-order valence-corrected chi connectivity index (χ3v) is 4.08. The molecule has 0 aliphatic rings. The fraction of sp³-hybridized carbons (Fsp3) is 1.00. The minimum Gasteiger partial charge on any atom is -0.215 e. The van der Waals surface area contributed by atoms with Gasteiger partial charge in [-0.3, -0.25) is 0 Å². The summed E-state index contributed by atoms with van der Waals surface area (Å²) in [4.78, 5) is 0. The molecule has 3 nitrogen and oxygen atoms in total. The van der Waals surface area contributed by atoms with Gasteiger partial charge in [0.05, 0.1) is 5.75 Å². The Morgan fingerprint density at radius 1 is 0.938 bits per heavy atom. The lowest BCUT2D eigenvalue weighted by atomic mass is 10.1. The lowest BCUT2D eigenvalue weighted by molar-refractivity contribution is 0.521. The summed E-state index contributed by atoms with van der Waals surface area (Å²) in [6.45, 7) is 8.85. The van der Waals surface area contributed by atoms with Gasteiger partial charge in [-0.1, -0.05) is 47.0 Å². The van der Waals surface area contributed by atoms with Crippen molar-refractivity contribution in [2.24, 2.45) is 11.8 Å². The van der Waals surface area contributed by atoms with Crippen LogP contribution in [0.2, 0.25) is 0 Å². The number of nitrogens with one attached hydrogen (secondary N) is 1. The summed E-state index contributed by atoms with van der Waals surface area (Å²) in [6, 6.07) is 0. The number of unbranched alkanes of at least 4 members (excludes halogenated alkanes) is 2. The second-order valence-electron chi connectivity index (χ2n) is 5.31. The molecule has 0 aliphatic heterocycles. The minimum atomic E-state index is -3.03. The maximum atomic E-state index is 11.5. The Morgan fingerprint density at radius 3 is 2.06 bits per heavy atom. The van der Waals surface area contributed by atoms with Crippen molar-refractivity contribution in [3.63, 3.8) is 0 Å². The van der Waals surface area contributed by atoms with Crippen molar-refractivity contribution in [3.05, 3.63) is 0 Å². The average Bonchev–Trinajstić information content (AvgIpc) is 2.08. The molecule has 0 aliphatic carbocycles. The van der Waals surface area contributed by atoms with E-state index >= 15 is 0 Å². The van der Waals surface area contributed by atoms with Crippen molar-refractivity contribution in [2.45, 2.75) is 53.4 Å². The van der Waals surface area contributed by atoms with Crippen LogP contribution in [0.5, 0.6) is 0 Å². The standard InChI is InChI=1S/C12H27NO2S/c1-11(2)8-6-5-7-9-13-16(14,15)10-12(3)4/h11-13H,5-10H2,1-4H3. The van der Waals surface area contributed by atoms with Gasteiger partial charge in [-0.25, -0.2) is 13.1 Å². The van der Waals surface area contributed by atoms with Crippen molar-refractivity contribution in [1.82, 2.24) is 4.72 Å². The molecule has 0 aromatic rings. The zero-order chi connectivity index (χ0) is 12.6. The van der Waals surface area contributed by atoms with E-state index in [0.717, 1.165) is 18.8 Å². The predicted octanol–water partition coefficient (Wildman–Crippen LogP) is 2.78. The Hall–Kier alpha value is -0.0900. The first-order chi connectivity index (χ1) is 7.33. The van der Waals surface area contributed by atoms with Crippen LogP contribution in [0.25, 0.3) is 0 Å². The molecule has 0 spiro atoms. The Balaban J connectivity index is 3.51. The van der Waals surface area contributed by atoms with Gasteiger partial charge in [0, 0.05) is 6.54 Å². The zero-order valence-electron chi connectivity index (χ0n) is 11.1. The Morgan fingerprint density at radius 2 is 1.56 bits per heavy atom. The molecule has 16 heavy (non-hydrogen) atoms. The molecule has 0 radical (unpaired) electrons. The highest BCUT2D eigenvalue weighted by atomic mass is 32.2. The smallest absolute Gasteiger partial charge is 0.211 e. The van der Waals surface area contributed by atoms with Crippen LogP contribution in [0.4, 0.5) is 0 Å². The quantitative estimate of drug-likeness (QED) is 0.639. The molecule has 98 valence electrons. The molecule has 0 saturated carbocycles. The SMILES string of the molecule is CC(C)CCCCCNS(=O)(=O)CC(C)C. The molecule has 0 atom stereocenters. The number of rotatable bonds is 9. The van der Waals surface area contributed by atoms with Gasteiger partial charge < -0.3 is 0 Å². The topological polar surface area (TPSA) is 46.2 Å². The van der Waals surface area contributed by atoms with Crippen LogP contribution in [0, 0.1) is 11.8 Å². The van der Waals surface area contributed by atoms with Crippen molar-refractivity contribution >= 4 is 10.0 Å². The van der Waals surface area contributed by atoms with Crippen LogP contribution >= 0.6 is 0 Å². The summed E-state index contributed by atoms with van der Waals surface area (Å²) in [5.74, 6) is 1.18. The Kier molecular flexibility index (Phi) is 8.02. The van der Waals surface area contributed by atoms with Crippen molar-refractivity contribution in [3.8, 4) is 0 Å². The van der Waals surface area contributed by atoms with Gasteiger partial charge in [-0.05, 0) is 18.3 Å². The molecule has 0 bridgehead atoms. The first-order valence-corrected chi connectivity index (χ1v) is 7.96. The van der Waals surface area contributed by atoms with E-state index < -0.39 is 10.0 Å². The van der Waals surface area contributed by atoms with Crippen LogP contribution in [0.3, 0.4) is 0 Å². The molecule has 4 heteroatoms. The molecular weight excluding hydrogens is 222 g/mol. The van der Waals surface area contributed by atoms with E-state index in [1.54, 1.807) is 0 Å². The molecule has 0 aromatic heterocycles. The maximum Gasteiger partial charge on any atom is 0.211 e. The molecule has 0 fully saturated rings. The molecule has 0 rings (SSSR count). The van der Waals surface area contributed by atoms with Gasteiger partial charge in [0.15, 0.2) is 0 Å². The Bertz CT molecular complexity index is 258. The summed E-state index contributed by atoms with van der Waals surface area (Å²) in [7, 11) is -3.03. The molecular formula is C12H27NO2S. The maximum absolute atomic E-state index is 11.5. The van der Waals surface area contributed by atoms with Gasteiger partial charge >= 0.3 is 0 Å². The largest absolute Gasteiger partial charge is 0.215 e. The zero-order valence-corrected chi connectivity index (χ0v) is 11.9. The van der Waals surface area contributed by atoms with E-state index in [4.69, 9.17) is 0 Å². The van der Waals surface area contributed by atoms with Gasteiger partial charge in [-0.15, -0.1) is 0 Å². The number of sulfonamides is 1. The summed E-state index contributed by atoms with van der Waals surface area (Å²) >= 11 is 0. The fourth-order valence-corrected chi connectivity index (χ4v) is 3.03. The van der Waals surface area contributed by atoms with E-state index in [0.29, 0.717) is 6.54 Å².